The van der Waals surface area contributed by atoms with Crippen LogP contribution in [-0.2, 0) is 13.0 Å². The first kappa shape index (κ1) is 20.6. The van der Waals surface area contributed by atoms with Gasteiger partial charge in [0, 0.05) is 11.0 Å². The van der Waals surface area contributed by atoms with Gasteiger partial charge in [0.1, 0.15) is 5.75 Å². The summed E-state index contributed by atoms with van der Waals surface area (Å²) in [7, 11) is 1.68. The van der Waals surface area contributed by atoms with E-state index in [-0.39, 0.29) is 0 Å². The van der Waals surface area contributed by atoms with Crippen molar-refractivity contribution >= 4 is 15.9 Å². The van der Waals surface area contributed by atoms with Crippen molar-refractivity contribution in [1.29, 1.82) is 0 Å². The van der Waals surface area contributed by atoms with Gasteiger partial charge in [0.15, 0.2) is 11.5 Å². The molecule has 0 heterocycles. The smallest absolute Gasteiger partial charge is 0.162 e. The van der Waals surface area contributed by atoms with Crippen molar-refractivity contribution in [2.24, 2.45) is 0 Å². The maximum atomic E-state index is 5.79. The van der Waals surface area contributed by atoms with Crippen LogP contribution in [0.25, 0.3) is 0 Å². The standard InChI is InChI=1S/C21H28BrNO3/c1-4-12-26-21-14-19(22)17(13-20(21)25-5-2)15-23-11-10-16-6-8-18(24-3)9-7-16/h6-9,13-14,23H,4-5,10-12,15H2,1-3H3. The van der Waals surface area contributed by atoms with Gasteiger partial charge in [0.25, 0.3) is 0 Å². The molecule has 2 rings (SSSR count). The number of hydrogen-bond donors (Lipinski definition) is 1. The maximum Gasteiger partial charge on any atom is 0.162 e. The fourth-order valence-electron chi connectivity index (χ4n) is 2.55. The first-order chi connectivity index (χ1) is 12.7. The van der Waals surface area contributed by atoms with Crippen LogP contribution in [0.3, 0.4) is 0 Å². The third-order valence-corrected chi connectivity index (χ3v) is 4.68. The van der Waals surface area contributed by atoms with E-state index in [9.17, 15) is 0 Å². The Labute approximate surface area is 165 Å². The number of ether oxygens (including phenoxy) is 3. The van der Waals surface area contributed by atoms with Crippen LogP contribution in [0.1, 0.15) is 31.4 Å². The van der Waals surface area contributed by atoms with Crippen LogP contribution in [0, 0.1) is 0 Å². The lowest BCUT2D eigenvalue weighted by atomic mass is 10.1. The summed E-state index contributed by atoms with van der Waals surface area (Å²) in [6.45, 7) is 7.05. The SMILES string of the molecule is CCCOc1cc(Br)c(CNCCc2ccc(OC)cc2)cc1OCC. The molecule has 0 aliphatic carbocycles. The van der Waals surface area contributed by atoms with Gasteiger partial charge < -0.3 is 19.5 Å². The molecule has 0 unspecified atom stereocenters. The number of halogens is 1. The van der Waals surface area contributed by atoms with Gasteiger partial charge in [-0.15, -0.1) is 0 Å². The fraction of sp³-hybridized carbons (Fsp3) is 0.429. The molecule has 26 heavy (non-hydrogen) atoms. The zero-order valence-corrected chi connectivity index (χ0v) is 17.4. The van der Waals surface area contributed by atoms with Gasteiger partial charge >= 0.3 is 0 Å². The van der Waals surface area contributed by atoms with E-state index in [2.05, 4.69) is 46.4 Å². The van der Waals surface area contributed by atoms with Crippen molar-refractivity contribution in [2.75, 3.05) is 26.9 Å². The highest BCUT2D eigenvalue weighted by molar-refractivity contribution is 9.10. The normalized spacial score (nSPS) is 10.6. The summed E-state index contributed by atoms with van der Waals surface area (Å²) < 4.78 is 17.8. The van der Waals surface area contributed by atoms with E-state index in [1.807, 2.05) is 25.1 Å². The predicted molar refractivity (Wildman–Crippen MR) is 110 cm³/mol. The molecule has 0 aliphatic rings. The first-order valence-corrected chi connectivity index (χ1v) is 9.88. The largest absolute Gasteiger partial charge is 0.497 e. The van der Waals surface area contributed by atoms with E-state index in [0.29, 0.717) is 13.2 Å². The summed E-state index contributed by atoms with van der Waals surface area (Å²) in [5.41, 5.74) is 2.45. The van der Waals surface area contributed by atoms with E-state index in [0.717, 1.165) is 53.2 Å². The maximum absolute atomic E-state index is 5.79. The molecule has 0 aromatic heterocycles. The van der Waals surface area contributed by atoms with Gasteiger partial charge in [-0.3, -0.25) is 0 Å². The van der Waals surface area contributed by atoms with Gasteiger partial charge in [-0.25, -0.2) is 0 Å². The van der Waals surface area contributed by atoms with E-state index < -0.39 is 0 Å². The van der Waals surface area contributed by atoms with E-state index in [4.69, 9.17) is 14.2 Å². The van der Waals surface area contributed by atoms with Crippen molar-refractivity contribution in [3.8, 4) is 17.2 Å². The van der Waals surface area contributed by atoms with Crippen molar-refractivity contribution in [3.63, 3.8) is 0 Å². The summed E-state index contributed by atoms with van der Waals surface area (Å²) in [5, 5.41) is 3.49. The lowest BCUT2D eigenvalue weighted by molar-refractivity contribution is 0.276. The van der Waals surface area contributed by atoms with E-state index in [1.165, 1.54) is 5.56 Å². The molecule has 1 N–H and O–H groups in total. The summed E-state index contributed by atoms with van der Waals surface area (Å²) in [6.07, 6.45) is 1.94. The van der Waals surface area contributed by atoms with Gasteiger partial charge in [0.2, 0.25) is 0 Å². The number of hydrogen-bond acceptors (Lipinski definition) is 4. The minimum absolute atomic E-state index is 0.619. The van der Waals surface area contributed by atoms with Crippen LogP contribution in [0.15, 0.2) is 40.9 Å². The molecule has 0 amide bonds. The van der Waals surface area contributed by atoms with E-state index >= 15 is 0 Å². The molecule has 4 nitrogen and oxygen atoms in total. The molecule has 0 radical (unpaired) electrons. The van der Waals surface area contributed by atoms with Crippen molar-refractivity contribution in [1.82, 2.24) is 5.32 Å². The lowest BCUT2D eigenvalue weighted by Crippen LogP contribution is -2.17. The topological polar surface area (TPSA) is 39.7 Å². The Kier molecular flexibility index (Phi) is 8.78. The second-order valence-electron chi connectivity index (χ2n) is 5.95. The molecular formula is C21H28BrNO3. The van der Waals surface area contributed by atoms with Gasteiger partial charge in [-0.05, 0) is 61.7 Å². The number of rotatable bonds is 11. The summed E-state index contributed by atoms with van der Waals surface area (Å²) in [6, 6.07) is 12.2. The minimum Gasteiger partial charge on any atom is -0.497 e. The molecule has 2 aromatic rings. The molecular weight excluding hydrogens is 394 g/mol. The van der Waals surface area contributed by atoms with Crippen molar-refractivity contribution < 1.29 is 14.2 Å². The Morgan fingerprint density at radius 2 is 1.73 bits per heavy atom. The highest BCUT2D eigenvalue weighted by atomic mass is 79.9. The first-order valence-electron chi connectivity index (χ1n) is 9.09. The quantitative estimate of drug-likeness (QED) is 0.519. The molecule has 2 aromatic carbocycles. The molecule has 0 saturated carbocycles. The Balaban J connectivity index is 1.92. The second kappa shape index (κ2) is 11.1. The summed E-state index contributed by atoms with van der Waals surface area (Å²) >= 11 is 3.65. The molecule has 0 bridgehead atoms. The Morgan fingerprint density at radius 1 is 1.00 bits per heavy atom. The number of methoxy groups -OCH3 is 1. The highest BCUT2D eigenvalue weighted by Gasteiger charge is 2.10. The van der Waals surface area contributed by atoms with Crippen LogP contribution in [0.5, 0.6) is 17.2 Å². The number of nitrogens with one attached hydrogen (secondary N) is 1. The third kappa shape index (κ3) is 6.22. The predicted octanol–water partition coefficient (Wildman–Crippen LogP) is 4.98. The van der Waals surface area contributed by atoms with Gasteiger partial charge in [0.05, 0.1) is 20.3 Å². The summed E-state index contributed by atoms with van der Waals surface area (Å²) in [5.74, 6) is 2.48. The highest BCUT2D eigenvalue weighted by Crippen LogP contribution is 2.34. The zero-order chi connectivity index (χ0) is 18.8. The van der Waals surface area contributed by atoms with Crippen LogP contribution in [-0.4, -0.2) is 26.9 Å². The van der Waals surface area contributed by atoms with Crippen LogP contribution in [0.4, 0.5) is 0 Å². The van der Waals surface area contributed by atoms with Gasteiger partial charge in [-0.1, -0.05) is 35.0 Å². The van der Waals surface area contributed by atoms with Crippen LogP contribution in [0.2, 0.25) is 0 Å². The average molecular weight is 422 g/mol. The molecule has 0 atom stereocenters. The van der Waals surface area contributed by atoms with Crippen molar-refractivity contribution in [3.05, 3.63) is 52.0 Å². The molecule has 5 heteroatoms. The van der Waals surface area contributed by atoms with Crippen LogP contribution >= 0.6 is 15.9 Å². The molecule has 0 saturated heterocycles. The Morgan fingerprint density at radius 3 is 2.38 bits per heavy atom. The molecule has 0 spiro atoms. The fourth-order valence-corrected chi connectivity index (χ4v) is 3.02. The number of benzene rings is 2. The Hall–Kier alpha value is -1.72. The minimum atomic E-state index is 0.619. The molecule has 0 aliphatic heterocycles. The monoisotopic (exact) mass is 421 g/mol. The lowest BCUT2D eigenvalue weighted by Gasteiger charge is -2.15. The third-order valence-electron chi connectivity index (χ3n) is 3.94. The van der Waals surface area contributed by atoms with Crippen LogP contribution < -0.4 is 19.5 Å². The zero-order valence-electron chi connectivity index (χ0n) is 15.8. The van der Waals surface area contributed by atoms with Gasteiger partial charge in [-0.2, -0.15) is 0 Å². The van der Waals surface area contributed by atoms with E-state index in [1.54, 1.807) is 7.11 Å². The second-order valence-corrected chi connectivity index (χ2v) is 6.80. The summed E-state index contributed by atoms with van der Waals surface area (Å²) in [4.78, 5) is 0. The molecule has 0 fully saturated rings. The average Bonchev–Trinajstić information content (AvgIpc) is 2.66. The van der Waals surface area contributed by atoms with Crippen molar-refractivity contribution in [2.45, 2.75) is 33.2 Å². The molecule has 142 valence electrons. The Bertz CT molecular complexity index is 674.